The van der Waals surface area contributed by atoms with Crippen molar-refractivity contribution in [1.29, 1.82) is 0 Å². The second-order valence-electron chi connectivity index (χ2n) is 10.4. The van der Waals surface area contributed by atoms with E-state index in [-0.39, 0.29) is 30.1 Å². The molecule has 1 atom stereocenters. The first-order chi connectivity index (χ1) is 17.8. The highest BCUT2D eigenvalue weighted by atomic mass is 32.2. The Bertz CT molecular complexity index is 1350. The minimum atomic E-state index is -3.30. The lowest BCUT2D eigenvalue weighted by atomic mass is 9.88. The fourth-order valence-corrected chi connectivity index (χ4v) is 7.37. The number of benzene rings is 2. The van der Waals surface area contributed by atoms with Crippen LogP contribution < -0.4 is 5.73 Å². The quantitative estimate of drug-likeness (QED) is 0.398. The standard InChI is InChI=1S/C28H36N4O4S/c29-27(34)17-23-15-22(20-5-2-1-3-6-20)16-25-26(18-30-28(23)25)21-7-12-32(13-8-21)37(35,36)14-4-10-31-11-9-24(33)19-31/h1-3,5-6,15-16,18,21,24,30,33H,4,7-14,17,19H2,(H2,29,34). The number of primary amides is 1. The summed E-state index contributed by atoms with van der Waals surface area (Å²) in [5.41, 5.74) is 10.6. The van der Waals surface area contributed by atoms with Gasteiger partial charge in [-0.1, -0.05) is 30.3 Å². The zero-order valence-electron chi connectivity index (χ0n) is 21.1. The van der Waals surface area contributed by atoms with Crippen LogP contribution in [0.15, 0.2) is 48.7 Å². The maximum Gasteiger partial charge on any atom is 0.221 e. The zero-order valence-corrected chi connectivity index (χ0v) is 21.9. The van der Waals surface area contributed by atoms with E-state index in [1.54, 1.807) is 4.31 Å². The molecular weight excluding hydrogens is 488 g/mol. The molecule has 0 spiro atoms. The van der Waals surface area contributed by atoms with Crippen LogP contribution in [0.4, 0.5) is 0 Å². The average molecular weight is 525 g/mol. The molecule has 4 N–H and O–H groups in total. The van der Waals surface area contributed by atoms with E-state index in [9.17, 15) is 18.3 Å². The highest BCUT2D eigenvalue weighted by Crippen LogP contribution is 2.37. The second-order valence-corrected chi connectivity index (χ2v) is 12.5. The summed E-state index contributed by atoms with van der Waals surface area (Å²) in [7, 11) is -3.30. The number of aromatic nitrogens is 1. The lowest BCUT2D eigenvalue weighted by Crippen LogP contribution is -2.39. The molecule has 2 aromatic carbocycles. The first-order valence-corrected chi connectivity index (χ1v) is 14.8. The second kappa shape index (κ2) is 10.9. The number of H-pyrrole nitrogens is 1. The first-order valence-electron chi connectivity index (χ1n) is 13.2. The van der Waals surface area contributed by atoms with Crippen LogP contribution in [0.2, 0.25) is 0 Å². The van der Waals surface area contributed by atoms with Gasteiger partial charge in [0.05, 0.1) is 18.3 Å². The molecule has 0 radical (unpaired) electrons. The number of amides is 1. The molecule has 5 rings (SSSR count). The molecule has 1 unspecified atom stereocenters. The van der Waals surface area contributed by atoms with Crippen LogP contribution in [-0.4, -0.2) is 78.2 Å². The summed E-state index contributed by atoms with van der Waals surface area (Å²) in [6.07, 6.45) is 4.76. The Hall–Kier alpha value is -2.72. The predicted octanol–water partition coefficient (Wildman–Crippen LogP) is 2.83. The minimum Gasteiger partial charge on any atom is -0.392 e. The third-order valence-corrected chi connectivity index (χ3v) is 9.74. The van der Waals surface area contributed by atoms with Crippen LogP contribution in [0.5, 0.6) is 0 Å². The number of piperidine rings is 1. The van der Waals surface area contributed by atoms with E-state index in [1.807, 2.05) is 30.5 Å². The van der Waals surface area contributed by atoms with Crippen molar-refractivity contribution in [2.24, 2.45) is 5.73 Å². The van der Waals surface area contributed by atoms with Crippen molar-refractivity contribution in [1.82, 2.24) is 14.2 Å². The van der Waals surface area contributed by atoms with Crippen LogP contribution in [0.1, 0.15) is 42.7 Å². The number of β-amino-alcohol motifs (C(OH)–C–C–N with tert-alkyl or cyclic N) is 1. The van der Waals surface area contributed by atoms with Gasteiger partial charge >= 0.3 is 0 Å². The molecule has 9 heteroatoms. The van der Waals surface area contributed by atoms with Crippen LogP contribution in [0.3, 0.4) is 0 Å². The van der Waals surface area contributed by atoms with E-state index < -0.39 is 10.0 Å². The third-order valence-electron chi connectivity index (χ3n) is 7.79. The number of likely N-dealkylation sites (tertiary alicyclic amines) is 1. The number of fused-ring (bicyclic) bond motifs is 1. The van der Waals surface area contributed by atoms with Crippen LogP contribution >= 0.6 is 0 Å². The number of carbonyl (C=O) groups excluding carboxylic acids is 1. The Morgan fingerprint density at radius 1 is 1.05 bits per heavy atom. The normalized spacial score (nSPS) is 20.1. The largest absolute Gasteiger partial charge is 0.392 e. The molecule has 2 aliphatic heterocycles. The number of aliphatic hydroxyl groups excluding tert-OH is 1. The number of carbonyl (C=O) groups is 1. The molecule has 2 aliphatic rings. The van der Waals surface area contributed by atoms with Gasteiger partial charge in [-0.2, -0.15) is 0 Å². The predicted molar refractivity (Wildman–Crippen MR) is 146 cm³/mol. The number of rotatable bonds is 9. The molecule has 2 saturated heterocycles. The molecule has 1 amide bonds. The molecule has 0 bridgehead atoms. The first kappa shape index (κ1) is 25.9. The number of sulfonamides is 1. The molecule has 3 aromatic rings. The summed E-state index contributed by atoms with van der Waals surface area (Å²) in [6, 6.07) is 14.3. The fourth-order valence-electron chi connectivity index (χ4n) is 5.85. The van der Waals surface area contributed by atoms with E-state index in [4.69, 9.17) is 5.73 Å². The number of hydrogen-bond acceptors (Lipinski definition) is 5. The lowest BCUT2D eigenvalue weighted by Gasteiger charge is -2.31. The molecule has 0 aliphatic carbocycles. The van der Waals surface area contributed by atoms with Gasteiger partial charge in [-0.3, -0.25) is 4.79 Å². The van der Waals surface area contributed by atoms with Gasteiger partial charge in [-0.25, -0.2) is 12.7 Å². The molecule has 2 fully saturated rings. The highest BCUT2D eigenvalue weighted by Gasteiger charge is 2.30. The molecule has 1 aromatic heterocycles. The SMILES string of the molecule is NC(=O)Cc1cc(-c2ccccc2)cc2c(C3CCN(S(=O)(=O)CCCN4CCC(O)C4)CC3)c[nH]c12. The van der Waals surface area contributed by atoms with Gasteiger partial charge in [0.15, 0.2) is 0 Å². The monoisotopic (exact) mass is 524 g/mol. The number of nitrogens with two attached hydrogens (primary N) is 1. The Morgan fingerprint density at radius 2 is 1.81 bits per heavy atom. The lowest BCUT2D eigenvalue weighted by molar-refractivity contribution is -0.117. The van der Waals surface area contributed by atoms with Gasteiger partial charge < -0.3 is 20.7 Å². The summed E-state index contributed by atoms with van der Waals surface area (Å²) in [5.74, 6) is 0.00896. The van der Waals surface area contributed by atoms with Gasteiger partial charge in [0, 0.05) is 43.3 Å². The van der Waals surface area contributed by atoms with Crippen LogP contribution in [-0.2, 0) is 21.2 Å². The van der Waals surface area contributed by atoms with E-state index in [0.717, 1.165) is 53.4 Å². The van der Waals surface area contributed by atoms with Crippen molar-refractivity contribution in [3.8, 4) is 11.1 Å². The maximum atomic E-state index is 13.0. The summed E-state index contributed by atoms with van der Waals surface area (Å²) < 4.78 is 27.6. The summed E-state index contributed by atoms with van der Waals surface area (Å²) in [5, 5.41) is 10.7. The summed E-state index contributed by atoms with van der Waals surface area (Å²) in [4.78, 5) is 17.3. The Morgan fingerprint density at radius 3 is 2.49 bits per heavy atom. The number of nitrogens with one attached hydrogen (secondary N) is 1. The smallest absolute Gasteiger partial charge is 0.221 e. The van der Waals surface area contributed by atoms with Crippen molar-refractivity contribution in [2.45, 2.75) is 44.1 Å². The zero-order chi connectivity index (χ0) is 26.0. The molecule has 0 saturated carbocycles. The van der Waals surface area contributed by atoms with E-state index in [0.29, 0.717) is 32.6 Å². The number of nitrogens with zero attached hydrogens (tertiary/aromatic N) is 2. The van der Waals surface area contributed by atoms with Crippen LogP contribution in [0, 0.1) is 0 Å². The van der Waals surface area contributed by atoms with Gasteiger partial charge in [-0.05, 0) is 72.5 Å². The fraction of sp³-hybridized carbons (Fsp3) is 0.464. The topological polar surface area (TPSA) is 120 Å². The number of aliphatic hydroxyl groups is 1. The molecule has 3 heterocycles. The molecular formula is C28H36N4O4S. The van der Waals surface area contributed by atoms with Crippen molar-refractivity contribution >= 4 is 26.8 Å². The van der Waals surface area contributed by atoms with Crippen LogP contribution in [0.25, 0.3) is 22.0 Å². The van der Waals surface area contributed by atoms with Gasteiger partial charge in [-0.15, -0.1) is 0 Å². The maximum absolute atomic E-state index is 13.0. The summed E-state index contributed by atoms with van der Waals surface area (Å²) >= 11 is 0. The van der Waals surface area contributed by atoms with Crippen molar-refractivity contribution in [3.05, 3.63) is 59.8 Å². The average Bonchev–Trinajstić information content (AvgIpc) is 3.50. The third kappa shape index (κ3) is 5.90. The Kier molecular flexibility index (Phi) is 7.67. The van der Waals surface area contributed by atoms with E-state index in [2.05, 4.69) is 28.1 Å². The summed E-state index contributed by atoms with van der Waals surface area (Å²) in [6.45, 7) is 3.20. The molecule has 8 nitrogen and oxygen atoms in total. The molecule has 198 valence electrons. The van der Waals surface area contributed by atoms with Gasteiger partial charge in [0.25, 0.3) is 0 Å². The Balaban J connectivity index is 1.29. The van der Waals surface area contributed by atoms with Gasteiger partial charge in [0.1, 0.15) is 0 Å². The number of hydrogen-bond donors (Lipinski definition) is 3. The highest BCUT2D eigenvalue weighted by molar-refractivity contribution is 7.89. The Labute approximate surface area is 218 Å². The molecule has 37 heavy (non-hydrogen) atoms. The van der Waals surface area contributed by atoms with Crippen molar-refractivity contribution in [2.75, 3.05) is 38.5 Å². The van der Waals surface area contributed by atoms with E-state index in [1.165, 1.54) is 5.56 Å². The van der Waals surface area contributed by atoms with E-state index >= 15 is 0 Å². The number of aromatic amines is 1. The van der Waals surface area contributed by atoms with Gasteiger partial charge in [0.2, 0.25) is 15.9 Å². The van der Waals surface area contributed by atoms with Crippen molar-refractivity contribution < 1.29 is 18.3 Å². The minimum absolute atomic E-state index is 0.147. The van der Waals surface area contributed by atoms with Crippen molar-refractivity contribution in [3.63, 3.8) is 0 Å².